The number of ether oxygens (including phenoxy) is 2. The van der Waals surface area contributed by atoms with Gasteiger partial charge in [-0.25, -0.2) is 0 Å². The van der Waals surface area contributed by atoms with Crippen molar-refractivity contribution in [2.75, 3.05) is 13.2 Å². The van der Waals surface area contributed by atoms with Gasteiger partial charge in [-0.1, -0.05) is 23.2 Å². The van der Waals surface area contributed by atoms with Gasteiger partial charge in [0.15, 0.2) is 10.9 Å². The van der Waals surface area contributed by atoms with E-state index in [4.69, 9.17) is 49.3 Å². The Labute approximate surface area is 177 Å². The van der Waals surface area contributed by atoms with Crippen LogP contribution in [-0.4, -0.2) is 30.3 Å². The van der Waals surface area contributed by atoms with Crippen LogP contribution in [0.5, 0.6) is 5.75 Å². The van der Waals surface area contributed by atoms with Gasteiger partial charge in [0.2, 0.25) is 0 Å². The van der Waals surface area contributed by atoms with Crippen molar-refractivity contribution in [1.82, 2.24) is 16.2 Å². The van der Waals surface area contributed by atoms with E-state index in [0.717, 1.165) is 19.4 Å². The Kier molecular flexibility index (Phi) is 7.38. The van der Waals surface area contributed by atoms with Crippen molar-refractivity contribution in [2.45, 2.75) is 25.6 Å². The molecule has 28 heavy (non-hydrogen) atoms. The molecule has 1 aliphatic heterocycles. The zero-order valence-corrected chi connectivity index (χ0v) is 17.1. The molecule has 1 amide bonds. The molecule has 0 spiro atoms. The lowest BCUT2D eigenvalue weighted by Crippen LogP contribution is -2.48. The highest BCUT2D eigenvalue weighted by atomic mass is 35.5. The largest absolute Gasteiger partial charge is 0.484 e. The fraction of sp³-hybridized carbons (Fsp3) is 0.333. The van der Waals surface area contributed by atoms with Gasteiger partial charge in [0.05, 0.1) is 11.1 Å². The van der Waals surface area contributed by atoms with Crippen LogP contribution in [0.25, 0.3) is 0 Å². The van der Waals surface area contributed by atoms with Crippen LogP contribution in [0, 0.1) is 0 Å². The lowest BCUT2D eigenvalue weighted by molar-refractivity contribution is 0.0911. The molecule has 0 radical (unpaired) electrons. The van der Waals surface area contributed by atoms with Gasteiger partial charge in [-0.2, -0.15) is 0 Å². The number of carbonyl (C=O) groups is 1. The first kappa shape index (κ1) is 20.7. The molecule has 1 aromatic heterocycles. The summed E-state index contributed by atoms with van der Waals surface area (Å²) >= 11 is 17.0. The minimum atomic E-state index is -0.461. The summed E-state index contributed by atoms with van der Waals surface area (Å²) in [6.45, 7) is 1.48. The number of benzene rings is 1. The standard InChI is InChI=1S/C18H19Cl2N3O4S/c19-11-3-5-15(14(20)8-11)26-10-13-4-6-16(27-13)17(24)22-23-18(28)21-9-12-2-1-7-25-12/h3-6,8,12H,1-2,7,9-10H2,(H,22,24)(H2,21,23,28)/t12-/m0/s1. The highest BCUT2D eigenvalue weighted by Gasteiger charge is 2.16. The van der Waals surface area contributed by atoms with Crippen LogP contribution in [0.3, 0.4) is 0 Å². The maximum absolute atomic E-state index is 12.1. The fourth-order valence-corrected chi connectivity index (χ4v) is 3.15. The minimum Gasteiger partial charge on any atom is -0.484 e. The molecule has 1 aliphatic rings. The summed E-state index contributed by atoms with van der Waals surface area (Å²) in [7, 11) is 0. The van der Waals surface area contributed by atoms with Gasteiger partial charge < -0.3 is 19.2 Å². The van der Waals surface area contributed by atoms with E-state index in [2.05, 4.69) is 16.2 Å². The number of carbonyl (C=O) groups excluding carboxylic acids is 1. The van der Waals surface area contributed by atoms with Gasteiger partial charge in [0.1, 0.15) is 18.1 Å². The SMILES string of the molecule is O=C(NNC(=S)NC[C@@H]1CCCO1)c1ccc(COc2ccc(Cl)cc2Cl)o1. The smallest absolute Gasteiger partial charge is 0.305 e. The monoisotopic (exact) mass is 443 g/mol. The Morgan fingerprint density at radius 3 is 2.86 bits per heavy atom. The molecule has 2 aromatic rings. The molecule has 0 unspecified atom stereocenters. The molecule has 0 bridgehead atoms. The minimum absolute atomic E-state index is 0.115. The topological polar surface area (TPSA) is 84.8 Å². The maximum Gasteiger partial charge on any atom is 0.305 e. The molecule has 1 atom stereocenters. The van der Waals surface area contributed by atoms with Crippen LogP contribution in [0.1, 0.15) is 29.2 Å². The molecule has 1 fully saturated rings. The molecule has 0 aliphatic carbocycles. The summed E-state index contributed by atoms with van der Waals surface area (Å²) in [6.07, 6.45) is 2.20. The molecular weight excluding hydrogens is 425 g/mol. The third-order valence-electron chi connectivity index (χ3n) is 3.95. The van der Waals surface area contributed by atoms with Gasteiger partial charge in [-0.05, 0) is 55.4 Å². The first-order valence-corrected chi connectivity index (χ1v) is 9.80. The first-order valence-electron chi connectivity index (χ1n) is 8.63. The van der Waals surface area contributed by atoms with Gasteiger partial charge in [0, 0.05) is 18.2 Å². The molecule has 7 nitrogen and oxygen atoms in total. The zero-order valence-electron chi connectivity index (χ0n) is 14.8. The molecule has 0 saturated carbocycles. The predicted molar refractivity (Wildman–Crippen MR) is 110 cm³/mol. The van der Waals surface area contributed by atoms with E-state index in [9.17, 15) is 4.79 Å². The zero-order chi connectivity index (χ0) is 19.9. The van der Waals surface area contributed by atoms with Crippen LogP contribution in [0.15, 0.2) is 34.7 Å². The number of hydrazine groups is 1. The van der Waals surface area contributed by atoms with Gasteiger partial charge >= 0.3 is 5.91 Å². The number of thiocarbonyl (C=S) groups is 1. The predicted octanol–water partition coefficient (Wildman–Crippen LogP) is 3.45. The number of hydrogen-bond acceptors (Lipinski definition) is 5. The van der Waals surface area contributed by atoms with E-state index < -0.39 is 5.91 Å². The molecule has 2 heterocycles. The summed E-state index contributed by atoms with van der Waals surface area (Å²) in [5.41, 5.74) is 5.10. The number of hydrogen-bond donors (Lipinski definition) is 3. The Hall–Kier alpha value is -2.00. The number of nitrogens with one attached hydrogen (secondary N) is 3. The van der Waals surface area contributed by atoms with Crippen molar-refractivity contribution in [1.29, 1.82) is 0 Å². The molecule has 10 heteroatoms. The number of rotatable bonds is 6. The Morgan fingerprint density at radius 2 is 2.11 bits per heavy atom. The molecular formula is C18H19Cl2N3O4S. The van der Waals surface area contributed by atoms with Crippen LogP contribution in [0.2, 0.25) is 10.0 Å². The second-order valence-electron chi connectivity index (χ2n) is 6.05. The van der Waals surface area contributed by atoms with E-state index in [-0.39, 0.29) is 18.5 Å². The number of halogens is 2. The van der Waals surface area contributed by atoms with Crippen LogP contribution in [0.4, 0.5) is 0 Å². The van der Waals surface area contributed by atoms with E-state index in [1.165, 1.54) is 0 Å². The first-order chi connectivity index (χ1) is 13.5. The lowest BCUT2D eigenvalue weighted by atomic mass is 10.2. The highest BCUT2D eigenvalue weighted by molar-refractivity contribution is 7.80. The van der Waals surface area contributed by atoms with Crippen molar-refractivity contribution < 1.29 is 18.7 Å². The fourth-order valence-electron chi connectivity index (χ4n) is 2.55. The van der Waals surface area contributed by atoms with Gasteiger partial charge in [-0.3, -0.25) is 15.6 Å². The molecule has 150 valence electrons. The quantitative estimate of drug-likeness (QED) is 0.465. The average Bonchev–Trinajstić information content (AvgIpc) is 3.35. The number of amides is 1. The van der Waals surface area contributed by atoms with Crippen molar-refractivity contribution in [2.24, 2.45) is 0 Å². The van der Waals surface area contributed by atoms with Crippen LogP contribution < -0.4 is 20.9 Å². The summed E-state index contributed by atoms with van der Waals surface area (Å²) in [5.74, 6) is 0.598. The Morgan fingerprint density at radius 1 is 1.25 bits per heavy atom. The van der Waals surface area contributed by atoms with Crippen LogP contribution >= 0.6 is 35.4 Å². The second-order valence-corrected chi connectivity index (χ2v) is 7.31. The third-order valence-corrected chi connectivity index (χ3v) is 4.73. The number of furan rings is 1. The maximum atomic E-state index is 12.1. The van der Waals surface area contributed by atoms with Crippen molar-refractivity contribution in [3.8, 4) is 5.75 Å². The highest BCUT2D eigenvalue weighted by Crippen LogP contribution is 2.28. The lowest BCUT2D eigenvalue weighted by Gasteiger charge is -2.14. The molecule has 1 saturated heterocycles. The van der Waals surface area contributed by atoms with E-state index in [1.54, 1.807) is 30.3 Å². The van der Waals surface area contributed by atoms with Crippen LogP contribution in [-0.2, 0) is 11.3 Å². The van der Waals surface area contributed by atoms with Gasteiger partial charge in [-0.15, -0.1) is 0 Å². The summed E-state index contributed by atoms with van der Waals surface area (Å²) < 4.78 is 16.5. The Bertz CT molecular complexity index is 840. The van der Waals surface area contributed by atoms with E-state index in [1.807, 2.05) is 0 Å². The van der Waals surface area contributed by atoms with Crippen molar-refractivity contribution >= 4 is 46.4 Å². The van der Waals surface area contributed by atoms with Gasteiger partial charge in [0.25, 0.3) is 0 Å². The normalized spacial score (nSPS) is 15.9. The Balaban J connectivity index is 1.42. The average molecular weight is 444 g/mol. The molecule has 1 aromatic carbocycles. The van der Waals surface area contributed by atoms with E-state index >= 15 is 0 Å². The van der Waals surface area contributed by atoms with Crippen molar-refractivity contribution in [3.63, 3.8) is 0 Å². The second kappa shape index (κ2) is 9.97. The third kappa shape index (κ3) is 6.00. The summed E-state index contributed by atoms with van der Waals surface area (Å²) in [4.78, 5) is 12.1. The van der Waals surface area contributed by atoms with Crippen molar-refractivity contribution in [3.05, 3.63) is 51.9 Å². The summed E-state index contributed by atoms with van der Waals surface area (Å²) in [6, 6.07) is 8.11. The summed E-state index contributed by atoms with van der Waals surface area (Å²) in [5, 5.41) is 4.21. The molecule has 3 N–H and O–H groups in total. The van der Waals surface area contributed by atoms with E-state index in [0.29, 0.717) is 33.2 Å². The molecule has 3 rings (SSSR count).